The van der Waals surface area contributed by atoms with Crippen molar-refractivity contribution in [1.29, 1.82) is 0 Å². The van der Waals surface area contributed by atoms with Crippen molar-refractivity contribution in [1.82, 2.24) is 0 Å². The average molecular weight is 208 g/mol. The SMILES string of the molecule is CC=C(C)CC(C)CC(C)(CC)C1CC1. The minimum absolute atomic E-state index is 0.632. The molecule has 0 bridgehead atoms. The Balaban J connectivity index is 2.44. The third-order valence-corrected chi connectivity index (χ3v) is 4.35. The van der Waals surface area contributed by atoms with E-state index in [1.165, 1.54) is 32.1 Å². The molecule has 2 unspecified atom stereocenters. The zero-order valence-electron chi connectivity index (χ0n) is 11.3. The number of hydrogen-bond donors (Lipinski definition) is 0. The van der Waals surface area contributed by atoms with E-state index in [-0.39, 0.29) is 0 Å². The largest absolute Gasteiger partial charge is 0.0887 e. The van der Waals surface area contributed by atoms with Crippen LogP contribution in [-0.4, -0.2) is 0 Å². The molecular weight excluding hydrogens is 180 g/mol. The van der Waals surface area contributed by atoms with Crippen LogP contribution in [0, 0.1) is 17.3 Å². The van der Waals surface area contributed by atoms with E-state index in [4.69, 9.17) is 0 Å². The second-order valence-electron chi connectivity index (χ2n) is 5.93. The van der Waals surface area contributed by atoms with Crippen molar-refractivity contribution in [3.8, 4) is 0 Å². The van der Waals surface area contributed by atoms with Crippen molar-refractivity contribution in [3.63, 3.8) is 0 Å². The predicted molar refractivity (Wildman–Crippen MR) is 69.0 cm³/mol. The lowest BCUT2D eigenvalue weighted by Gasteiger charge is -2.31. The molecule has 1 saturated carbocycles. The molecule has 1 aliphatic carbocycles. The molecule has 2 atom stereocenters. The molecule has 0 radical (unpaired) electrons. The first-order valence-corrected chi connectivity index (χ1v) is 6.63. The smallest absolute Gasteiger partial charge is 0.0297 e. The molecule has 88 valence electrons. The first kappa shape index (κ1) is 12.8. The van der Waals surface area contributed by atoms with Crippen molar-refractivity contribution < 1.29 is 0 Å². The van der Waals surface area contributed by atoms with Gasteiger partial charge in [-0.05, 0) is 56.8 Å². The Morgan fingerprint density at radius 1 is 1.47 bits per heavy atom. The van der Waals surface area contributed by atoms with Gasteiger partial charge in [-0.2, -0.15) is 0 Å². The summed E-state index contributed by atoms with van der Waals surface area (Å²) in [6.45, 7) is 11.7. The molecular formula is C15H28. The normalized spacial score (nSPS) is 23.7. The number of hydrogen-bond acceptors (Lipinski definition) is 0. The van der Waals surface area contributed by atoms with Crippen LogP contribution >= 0.6 is 0 Å². The van der Waals surface area contributed by atoms with Gasteiger partial charge in [0.1, 0.15) is 0 Å². The Hall–Kier alpha value is -0.260. The van der Waals surface area contributed by atoms with E-state index in [2.05, 4.69) is 40.7 Å². The monoisotopic (exact) mass is 208 g/mol. The number of rotatable bonds is 6. The molecule has 15 heavy (non-hydrogen) atoms. The van der Waals surface area contributed by atoms with E-state index in [0.29, 0.717) is 5.41 Å². The summed E-state index contributed by atoms with van der Waals surface area (Å²) in [4.78, 5) is 0. The maximum atomic E-state index is 2.51. The van der Waals surface area contributed by atoms with Gasteiger partial charge in [-0.1, -0.05) is 38.8 Å². The fraction of sp³-hybridized carbons (Fsp3) is 0.867. The van der Waals surface area contributed by atoms with Gasteiger partial charge in [0, 0.05) is 0 Å². The summed E-state index contributed by atoms with van der Waals surface area (Å²) in [7, 11) is 0. The molecule has 1 aliphatic rings. The molecule has 0 aromatic rings. The van der Waals surface area contributed by atoms with Gasteiger partial charge >= 0.3 is 0 Å². The van der Waals surface area contributed by atoms with Crippen LogP contribution in [0.25, 0.3) is 0 Å². The molecule has 0 aromatic carbocycles. The van der Waals surface area contributed by atoms with E-state index in [1.54, 1.807) is 5.57 Å². The van der Waals surface area contributed by atoms with Crippen LogP contribution < -0.4 is 0 Å². The zero-order chi connectivity index (χ0) is 11.5. The van der Waals surface area contributed by atoms with Crippen molar-refractivity contribution in [2.24, 2.45) is 17.3 Å². The zero-order valence-corrected chi connectivity index (χ0v) is 11.3. The summed E-state index contributed by atoms with van der Waals surface area (Å²) in [5.74, 6) is 1.89. The highest BCUT2D eigenvalue weighted by molar-refractivity contribution is 4.98. The molecule has 0 heterocycles. The van der Waals surface area contributed by atoms with Crippen LogP contribution in [0.4, 0.5) is 0 Å². The molecule has 0 aromatic heterocycles. The molecule has 0 amide bonds. The highest BCUT2D eigenvalue weighted by atomic mass is 14.5. The van der Waals surface area contributed by atoms with Gasteiger partial charge in [-0.25, -0.2) is 0 Å². The summed E-state index contributed by atoms with van der Waals surface area (Å²) >= 11 is 0. The van der Waals surface area contributed by atoms with Gasteiger partial charge < -0.3 is 0 Å². The van der Waals surface area contributed by atoms with Gasteiger partial charge in [0.15, 0.2) is 0 Å². The molecule has 0 aliphatic heterocycles. The van der Waals surface area contributed by atoms with Crippen LogP contribution in [0.5, 0.6) is 0 Å². The lowest BCUT2D eigenvalue weighted by Crippen LogP contribution is -2.21. The molecule has 1 rings (SSSR count). The van der Waals surface area contributed by atoms with E-state index < -0.39 is 0 Å². The Labute approximate surface area is 96.2 Å². The second-order valence-corrected chi connectivity index (χ2v) is 5.93. The minimum Gasteiger partial charge on any atom is -0.0887 e. The Morgan fingerprint density at radius 3 is 2.47 bits per heavy atom. The Morgan fingerprint density at radius 2 is 2.07 bits per heavy atom. The lowest BCUT2D eigenvalue weighted by molar-refractivity contribution is 0.199. The van der Waals surface area contributed by atoms with Crippen molar-refractivity contribution in [2.75, 3.05) is 0 Å². The van der Waals surface area contributed by atoms with Crippen molar-refractivity contribution in [3.05, 3.63) is 11.6 Å². The van der Waals surface area contributed by atoms with E-state index in [0.717, 1.165) is 11.8 Å². The quantitative estimate of drug-likeness (QED) is 0.527. The van der Waals surface area contributed by atoms with Crippen molar-refractivity contribution in [2.45, 2.75) is 66.7 Å². The van der Waals surface area contributed by atoms with Crippen LogP contribution in [-0.2, 0) is 0 Å². The molecule has 0 nitrogen and oxygen atoms in total. The fourth-order valence-corrected chi connectivity index (χ4v) is 2.92. The highest BCUT2D eigenvalue weighted by Crippen LogP contribution is 2.51. The van der Waals surface area contributed by atoms with Gasteiger partial charge in [-0.15, -0.1) is 0 Å². The van der Waals surface area contributed by atoms with E-state index >= 15 is 0 Å². The van der Waals surface area contributed by atoms with Gasteiger partial charge in [0.25, 0.3) is 0 Å². The Bertz CT molecular complexity index is 222. The van der Waals surface area contributed by atoms with Gasteiger partial charge in [0.05, 0.1) is 0 Å². The van der Waals surface area contributed by atoms with Crippen LogP contribution in [0.2, 0.25) is 0 Å². The second kappa shape index (κ2) is 5.18. The van der Waals surface area contributed by atoms with Gasteiger partial charge in [-0.3, -0.25) is 0 Å². The lowest BCUT2D eigenvalue weighted by atomic mass is 9.74. The highest BCUT2D eigenvalue weighted by Gasteiger charge is 2.40. The first-order valence-electron chi connectivity index (χ1n) is 6.63. The summed E-state index contributed by atoms with van der Waals surface area (Å²) in [5, 5.41) is 0. The Kier molecular flexibility index (Phi) is 4.43. The topological polar surface area (TPSA) is 0 Å². The molecule has 0 spiro atoms. The van der Waals surface area contributed by atoms with Crippen molar-refractivity contribution >= 4 is 0 Å². The number of allylic oxidation sites excluding steroid dienone is 2. The van der Waals surface area contributed by atoms with Crippen LogP contribution in [0.3, 0.4) is 0 Å². The summed E-state index contributed by atoms with van der Waals surface area (Å²) < 4.78 is 0. The average Bonchev–Trinajstić information content (AvgIpc) is 3.00. The molecule has 1 fully saturated rings. The van der Waals surface area contributed by atoms with E-state index in [1.807, 2.05) is 0 Å². The van der Waals surface area contributed by atoms with E-state index in [9.17, 15) is 0 Å². The summed E-state index contributed by atoms with van der Waals surface area (Å²) in [5.41, 5.74) is 2.18. The third-order valence-electron chi connectivity index (χ3n) is 4.35. The molecule has 0 saturated heterocycles. The maximum Gasteiger partial charge on any atom is -0.0297 e. The van der Waals surface area contributed by atoms with Crippen LogP contribution in [0.1, 0.15) is 66.7 Å². The molecule has 0 N–H and O–H groups in total. The summed E-state index contributed by atoms with van der Waals surface area (Å²) in [6.07, 6.45) is 9.30. The molecule has 0 heteroatoms. The predicted octanol–water partition coefficient (Wildman–Crippen LogP) is 5.20. The van der Waals surface area contributed by atoms with Crippen LogP contribution in [0.15, 0.2) is 11.6 Å². The fourth-order valence-electron chi connectivity index (χ4n) is 2.92. The van der Waals surface area contributed by atoms with Gasteiger partial charge in [0.2, 0.25) is 0 Å². The third kappa shape index (κ3) is 3.66. The standard InChI is InChI=1S/C15H28/c1-6-12(3)10-13(4)11-15(5,7-2)14-8-9-14/h6,13-14H,7-11H2,1-5H3. The first-order chi connectivity index (χ1) is 7.01. The summed E-state index contributed by atoms with van der Waals surface area (Å²) in [6, 6.07) is 0. The minimum atomic E-state index is 0.632. The maximum absolute atomic E-state index is 2.51.